The van der Waals surface area contributed by atoms with Crippen molar-refractivity contribution in [3.8, 4) is 0 Å². The molecule has 2 aromatic heterocycles. The van der Waals surface area contributed by atoms with E-state index >= 15 is 0 Å². The molecule has 0 radical (unpaired) electrons. The first-order valence-electron chi connectivity index (χ1n) is 10.2. The molecule has 0 saturated heterocycles. The van der Waals surface area contributed by atoms with Crippen molar-refractivity contribution in [3.05, 3.63) is 60.2 Å². The van der Waals surface area contributed by atoms with E-state index in [1.54, 1.807) is 31.5 Å². The van der Waals surface area contributed by atoms with E-state index in [2.05, 4.69) is 15.2 Å². The first-order chi connectivity index (χ1) is 15.0. The van der Waals surface area contributed by atoms with Crippen LogP contribution in [0.3, 0.4) is 0 Å². The molecular formula is C23H28N4O3S. The summed E-state index contributed by atoms with van der Waals surface area (Å²) in [5.74, 6) is 1.15. The Morgan fingerprint density at radius 2 is 1.94 bits per heavy atom. The van der Waals surface area contributed by atoms with E-state index in [9.17, 15) is 9.59 Å². The Morgan fingerprint density at radius 3 is 2.68 bits per heavy atom. The molecule has 3 rings (SSSR count). The molecular weight excluding hydrogens is 412 g/mol. The van der Waals surface area contributed by atoms with Crippen molar-refractivity contribution in [2.45, 2.75) is 13.5 Å². The van der Waals surface area contributed by atoms with Crippen molar-refractivity contribution < 1.29 is 14.3 Å². The molecule has 0 saturated carbocycles. The number of carbonyl (C=O) groups excluding carboxylic acids is 2. The molecule has 0 fully saturated rings. The number of aromatic nitrogens is 2. The number of rotatable bonds is 10. The molecule has 31 heavy (non-hydrogen) atoms. The Labute approximate surface area is 186 Å². The summed E-state index contributed by atoms with van der Waals surface area (Å²) in [6.07, 6.45) is 3.46. The van der Waals surface area contributed by atoms with E-state index in [4.69, 9.17) is 4.74 Å². The van der Waals surface area contributed by atoms with Crippen molar-refractivity contribution in [2.75, 3.05) is 44.1 Å². The second-order valence-electron chi connectivity index (χ2n) is 7.31. The fourth-order valence-electron chi connectivity index (χ4n) is 3.05. The van der Waals surface area contributed by atoms with Gasteiger partial charge in [-0.3, -0.25) is 9.78 Å². The molecule has 0 unspecified atom stereocenters. The Kier molecular flexibility index (Phi) is 8.08. The summed E-state index contributed by atoms with van der Waals surface area (Å²) < 4.78 is 7.02. The number of pyridine rings is 1. The number of nitrogens with one attached hydrogen (secondary N) is 1. The number of hydrogen-bond acceptors (Lipinski definition) is 6. The second kappa shape index (κ2) is 11.0. The number of fused-ring (bicyclic) bond motifs is 1. The van der Waals surface area contributed by atoms with E-state index in [1.807, 2.05) is 54.7 Å². The molecule has 7 nitrogen and oxygen atoms in total. The molecule has 1 amide bonds. The highest BCUT2D eigenvalue weighted by atomic mass is 32.2. The summed E-state index contributed by atoms with van der Waals surface area (Å²) in [5.41, 5.74) is 1.29. The van der Waals surface area contributed by atoms with Gasteiger partial charge in [-0.1, -0.05) is 24.3 Å². The molecule has 0 bridgehead atoms. The van der Waals surface area contributed by atoms with Crippen LogP contribution in [0.2, 0.25) is 0 Å². The second-order valence-corrected chi connectivity index (χ2v) is 8.54. The number of amides is 1. The lowest BCUT2D eigenvalue weighted by molar-refractivity contribution is 0.0514. The van der Waals surface area contributed by atoms with Gasteiger partial charge in [-0.15, -0.1) is 0 Å². The van der Waals surface area contributed by atoms with E-state index in [1.165, 1.54) is 0 Å². The Balaban J connectivity index is 1.71. The van der Waals surface area contributed by atoms with E-state index in [-0.39, 0.29) is 5.91 Å². The van der Waals surface area contributed by atoms with Gasteiger partial charge in [0.1, 0.15) is 11.4 Å². The smallest absolute Gasteiger partial charge is 0.355 e. The lowest BCUT2D eigenvalue weighted by Crippen LogP contribution is -2.16. The number of thioether (sulfide) groups is 1. The lowest BCUT2D eigenvalue weighted by atomic mass is 10.1. The van der Waals surface area contributed by atoms with E-state index < -0.39 is 5.97 Å². The van der Waals surface area contributed by atoms with Crippen molar-refractivity contribution >= 4 is 40.1 Å². The molecule has 0 aliphatic carbocycles. The van der Waals surface area contributed by atoms with Crippen LogP contribution in [0.15, 0.2) is 48.8 Å². The SMILES string of the molecule is CCOC(=O)c1cc(NC(=O)c2cc3ccccc3cn2)cn1CCSCCN(C)C. The van der Waals surface area contributed by atoms with Gasteiger partial charge in [-0.25, -0.2) is 4.79 Å². The summed E-state index contributed by atoms with van der Waals surface area (Å²) in [5, 5.41) is 4.77. The Morgan fingerprint density at radius 1 is 1.16 bits per heavy atom. The van der Waals surface area contributed by atoms with Crippen molar-refractivity contribution in [1.29, 1.82) is 0 Å². The number of carbonyl (C=O) groups is 2. The molecule has 8 heteroatoms. The predicted octanol–water partition coefficient (Wildman–Crippen LogP) is 3.76. The third-order valence-corrected chi connectivity index (χ3v) is 5.60. The summed E-state index contributed by atoms with van der Waals surface area (Å²) in [6.45, 7) is 3.72. The minimum Gasteiger partial charge on any atom is -0.461 e. The predicted molar refractivity (Wildman–Crippen MR) is 126 cm³/mol. The molecule has 2 heterocycles. The zero-order chi connectivity index (χ0) is 22.2. The monoisotopic (exact) mass is 440 g/mol. The van der Waals surface area contributed by atoms with Crippen LogP contribution in [-0.4, -0.2) is 65.1 Å². The number of hydrogen-bond donors (Lipinski definition) is 1. The van der Waals surface area contributed by atoms with Gasteiger partial charge < -0.3 is 19.5 Å². The molecule has 164 valence electrons. The Hall–Kier alpha value is -2.84. The minimum atomic E-state index is -0.398. The van der Waals surface area contributed by atoms with Gasteiger partial charge in [0.15, 0.2) is 0 Å². The number of esters is 1. The Bertz CT molecular complexity index is 1050. The maximum Gasteiger partial charge on any atom is 0.355 e. The fourth-order valence-corrected chi connectivity index (χ4v) is 4.08. The third-order valence-electron chi connectivity index (χ3n) is 4.66. The van der Waals surface area contributed by atoms with Gasteiger partial charge in [-0.2, -0.15) is 11.8 Å². The summed E-state index contributed by atoms with van der Waals surface area (Å²) in [6, 6.07) is 11.2. The van der Waals surface area contributed by atoms with Crippen molar-refractivity contribution in [3.63, 3.8) is 0 Å². The van der Waals surface area contributed by atoms with Gasteiger partial charge in [0, 0.05) is 42.4 Å². The average molecular weight is 441 g/mol. The maximum atomic E-state index is 12.7. The van der Waals surface area contributed by atoms with Crippen LogP contribution in [0, 0.1) is 0 Å². The maximum absolute atomic E-state index is 12.7. The normalized spacial score (nSPS) is 11.1. The van der Waals surface area contributed by atoms with Crippen LogP contribution in [0.25, 0.3) is 10.8 Å². The van der Waals surface area contributed by atoms with Gasteiger partial charge in [-0.05, 0) is 38.5 Å². The minimum absolute atomic E-state index is 0.296. The summed E-state index contributed by atoms with van der Waals surface area (Å²) >= 11 is 1.82. The zero-order valence-corrected chi connectivity index (χ0v) is 18.9. The molecule has 1 N–H and O–H groups in total. The van der Waals surface area contributed by atoms with Crippen molar-refractivity contribution in [2.24, 2.45) is 0 Å². The van der Waals surface area contributed by atoms with Gasteiger partial charge >= 0.3 is 5.97 Å². The van der Waals surface area contributed by atoms with E-state index in [0.717, 1.165) is 28.8 Å². The standard InChI is InChI=1S/C23H28N4O3S/c1-4-30-23(29)21-14-19(16-27(21)10-12-31-11-9-26(2)3)25-22(28)20-13-17-7-5-6-8-18(17)15-24-20/h5-8,13-16H,4,9-12H2,1-3H3,(H,25,28). The molecule has 3 aromatic rings. The third kappa shape index (κ3) is 6.32. The number of nitrogens with zero attached hydrogens (tertiary/aromatic N) is 3. The van der Waals surface area contributed by atoms with Crippen LogP contribution in [0.4, 0.5) is 5.69 Å². The van der Waals surface area contributed by atoms with Crippen LogP contribution in [-0.2, 0) is 11.3 Å². The molecule has 1 aromatic carbocycles. The highest BCUT2D eigenvalue weighted by Crippen LogP contribution is 2.19. The summed E-state index contributed by atoms with van der Waals surface area (Å²) in [7, 11) is 4.09. The number of aryl methyl sites for hydroxylation is 1. The van der Waals surface area contributed by atoms with Crippen LogP contribution in [0.1, 0.15) is 27.9 Å². The first-order valence-corrected chi connectivity index (χ1v) is 11.4. The highest BCUT2D eigenvalue weighted by Gasteiger charge is 2.17. The molecule has 0 atom stereocenters. The number of ether oxygens (including phenoxy) is 1. The van der Waals surface area contributed by atoms with Crippen LogP contribution >= 0.6 is 11.8 Å². The summed E-state index contributed by atoms with van der Waals surface area (Å²) in [4.78, 5) is 31.5. The average Bonchev–Trinajstić information content (AvgIpc) is 3.15. The largest absolute Gasteiger partial charge is 0.461 e. The highest BCUT2D eigenvalue weighted by molar-refractivity contribution is 7.99. The molecule has 0 spiro atoms. The zero-order valence-electron chi connectivity index (χ0n) is 18.1. The van der Waals surface area contributed by atoms with Gasteiger partial charge in [0.05, 0.1) is 12.3 Å². The quantitative estimate of drug-likeness (QED) is 0.382. The van der Waals surface area contributed by atoms with E-state index in [0.29, 0.717) is 30.2 Å². The fraction of sp³-hybridized carbons (Fsp3) is 0.348. The van der Waals surface area contributed by atoms with Crippen molar-refractivity contribution in [1.82, 2.24) is 14.5 Å². The molecule has 0 aliphatic heterocycles. The van der Waals surface area contributed by atoms with Gasteiger partial charge in [0.2, 0.25) is 0 Å². The van der Waals surface area contributed by atoms with Crippen LogP contribution in [0.5, 0.6) is 0 Å². The number of benzene rings is 1. The topological polar surface area (TPSA) is 76.5 Å². The first kappa shape index (κ1) is 22.8. The van der Waals surface area contributed by atoms with Crippen LogP contribution < -0.4 is 5.32 Å². The van der Waals surface area contributed by atoms with Gasteiger partial charge in [0.25, 0.3) is 5.91 Å². The number of anilines is 1. The lowest BCUT2D eigenvalue weighted by Gasteiger charge is -2.10. The molecule has 0 aliphatic rings.